The van der Waals surface area contributed by atoms with Crippen molar-refractivity contribution >= 4 is 46.2 Å². The number of carbonyl (C=O) groups excluding carboxylic acids is 2. The molecule has 0 bridgehead atoms. The highest BCUT2D eigenvalue weighted by atomic mass is 35.5. The van der Waals surface area contributed by atoms with Gasteiger partial charge in [-0.25, -0.2) is 0 Å². The van der Waals surface area contributed by atoms with Crippen LogP contribution in [-0.2, 0) is 19.5 Å². The number of anilines is 2. The third-order valence-electron chi connectivity index (χ3n) is 5.50. The first-order valence-corrected chi connectivity index (χ1v) is 11.0. The Kier molecular flexibility index (Phi) is 7.56. The molecular weight excluding hydrogens is 444 g/mol. The van der Waals surface area contributed by atoms with Crippen LogP contribution in [0.1, 0.15) is 36.7 Å². The fourth-order valence-corrected chi connectivity index (χ4v) is 5.16. The minimum atomic E-state index is -0.493. The van der Waals surface area contributed by atoms with E-state index in [1.807, 2.05) is 49.3 Å². The van der Waals surface area contributed by atoms with E-state index < -0.39 is 5.91 Å². The normalized spacial score (nSPS) is 13.1. The summed E-state index contributed by atoms with van der Waals surface area (Å²) in [6.45, 7) is 2.44. The van der Waals surface area contributed by atoms with Gasteiger partial charge in [0.25, 0.3) is 11.8 Å². The molecule has 2 amide bonds. The molecule has 1 aliphatic heterocycles. The van der Waals surface area contributed by atoms with Crippen LogP contribution in [0.3, 0.4) is 0 Å². The Morgan fingerprint density at radius 1 is 1.09 bits per heavy atom. The van der Waals surface area contributed by atoms with Gasteiger partial charge in [-0.05, 0) is 41.8 Å². The molecule has 0 atom stereocenters. The molecule has 0 radical (unpaired) electrons. The molecule has 168 valence electrons. The average Bonchev–Trinajstić information content (AvgIpc) is 3.11. The third kappa shape index (κ3) is 5.12. The van der Waals surface area contributed by atoms with E-state index in [-0.39, 0.29) is 18.3 Å². The van der Waals surface area contributed by atoms with Gasteiger partial charge in [-0.2, -0.15) is 0 Å². The van der Waals surface area contributed by atoms with Crippen molar-refractivity contribution in [3.05, 3.63) is 81.7 Å². The van der Waals surface area contributed by atoms with Crippen LogP contribution in [0.4, 0.5) is 10.7 Å². The maximum atomic E-state index is 12.8. The number of primary amides is 1. The largest absolute Gasteiger partial charge is 0.378 e. The number of benzene rings is 2. The van der Waals surface area contributed by atoms with Gasteiger partial charge in [0.2, 0.25) is 0 Å². The van der Waals surface area contributed by atoms with Crippen molar-refractivity contribution in [3.63, 3.8) is 0 Å². The number of nitrogens with zero attached hydrogens (tertiary/aromatic N) is 2. The van der Waals surface area contributed by atoms with Crippen molar-refractivity contribution in [2.24, 2.45) is 5.73 Å². The van der Waals surface area contributed by atoms with Crippen LogP contribution in [-0.4, -0.2) is 37.4 Å². The lowest BCUT2D eigenvalue weighted by Crippen LogP contribution is -2.30. The minimum absolute atomic E-state index is 0. The summed E-state index contributed by atoms with van der Waals surface area (Å²) in [6.07, 6.45) is 0.740. The quantitative estimate of drug-likeness (QED) is 0.567. The summed E-state index contributed by atoms with van der Waals surface area (Å²) in [6, 6.07) is 17.7. The van der Waals surface area contributed by atoms with Gasteiger partial charge in [0.1, 0.15) is 5.00 Å². The Labute approximate surface area is 198 Å². The van der Waals surface area contributed by atoms with E-state index in [4.69, 9.17) is 5.73 Å². The number of thiophene rings is 1. The Morgan fingerprint density at radius 2 is 1.78 bits per heavy atom. The predicted molar refractivity (Wildman–Crippen MR) is 133 cm³/mol. The highest BCUT2D eigenvalue weighted by Crippen LogP contribution is 2.37. The van der Waals surface area contributed by atoms with Crippen LogP contribution in [0, 0.1) is 0 Å². The van der Waals surface area contributed by atoms with E-state index in [2.05, 4.69) is 22.3 Å². The smallest absolute Gasteiger partial charge is 0.256 e. The second-order valence-corrected chi connectivity index (χ2v) is 9.02. The maximum absolute atomic E-state index is 12.8. The van der Waals surface area contributed by atoms with Crippen LogP contribution >= 0.6 is 23.7 Å². The summed E-state index contributed by atoms with van der Waals surface area (Å²) in [5.41, 5.74) is 9.94. The van der Waals surface area contributed by atoms with Crippen LogP contribution in [0.5, 0.6) is 0 Å². The molecule has 2 heterocycles. The van der Waals surface area contributed by atoms with Crippen molar-refractivity contribution in [1.29, 1.82) is 0 Å². The van der Waals surface area contributed by atoms with Gasteiger partial charge in [0, 0.05) is 49.9 Å². The fraction of sp³-hybridized carbons (Fsp3) is 0.250. The molecule has 0 unspecified atom stereocenters. The summed E-state index contributed by atoms with van der Waals surface area (Å²) in [4.78, 5) is 30.4. The van der Waals surface area contributed by atoms with E-state index in [9.17, 15) is 9.59 Å². The van der Waals surface area contributed by atoms with Gasteiger partial charge in [0.05, 0.1) is 5.56 Å². The number of nitrogens with two attached hydrogens (primary N) is 1. The molecule has 2 aromatic carbocycles. The zero-order valence-electron chi connectivity index (χ0n) is 18.1. The molecule has 0 aliphatic carbocycles. The monoisotopic (exact) mass is 470 g/mol. The Balaban J connectivity index is 0.00000289. The number of rotatable bonds is 6. The molecule has 0 saturated heterocycles. The lowest BCUT2D eigenvalue weighted by atomic mass is 10.0. The first-order valence-electron chi connectivity index (χ1n) is 10.2. The van der Waals surface area contributed by atoms with Crippen LogP contribution in [0.2, 0.25) is 0 Å². The van der Waals surface area contributed by atoms with Crippen molar-refractivity contribution in [1.82, 2.24) is 4.90 Å². The minimum Gasteiger partial charge on any atom is -0.378 e. The summed E-state index contributed by atoms with van der Waals surface area (Å²) >= 11 is 1.45. The zero-order valence-corrected chi connectivity index (χ0v) is 19.8. The van der Waals surface area contributed by atoms with Gasteiger partial charge < -0.3 is 16.0 Å². The van der Waals surface area contributed by atoms with Crippen LogP contribution in [0.15, 0.2) is 54.6 Å². The molecule has 1 aliphatic rings. The molecule has 0 saturated carbocycles. The predicted octanol–water partition coefficient (Wildman–Crippen LogP) is 4.15. The number of hydrogen-bond acceptors (Lipinski definition) is 5. The molecule has 6 nitrogen and oxygen atoms in total. The molecule has 0 spiro atoms. The summed E-state index contributed by atoms with van der Waals surface area (Å²) < 4.78 is 0. The van der Waals surface area contributed by atoms with Crippen molar-refractivity contribution in [2.45, 2.75) is 19.5 Å². The van der Waals surface area contributed by atoms with Crippen LogP contribution < -0.4 is 16.0 Å². The van der Waals surface area contributed by atoms with Gasteiger partial charge in [0.15, 0.2) is 0 Å². The molecule has 3 N–H and O–H groups in total. The van der Waals surface area contributed by atoms with E-state index in [0.717, 1.165) is 42.2 Å². The number of hydrogen-bond donors (Lipinski definition) is 2. The van der Waals surface area contributed by atoms with Crippen molar-refractivity contribution < 1.29 is 9.59 Å². The van der Waals surface area contributed by atoms with Crippen LogP contribution in [0.25, 0.3) is 0 Å². The SMILES string of the molecule is CN(C)c1ccc(C(=O)Nc2sc3c(c2C(N)=O)CCN(Cc2ccccc2)C3)cc1.Cl. The highest BCUT2D eigenvalue weighted by Gasteiger charge is 2.28. The highest BCUT2D eigenvalue weighted by molar-refractivity contribution is 7.17. The molecule has 0 fully saturated rings. The Hall–Kier alpha value is -2.87. The first-order chi connectivity index (χ1) is 14.9. The Bertz CT molecular complexity index is 1100. The summed E-state index contributed by atoms with van der Waals surface area (Å²) in [5.74, 6) is -0.736. The van der Waals surface area contributed by atoms with E-state index in [0.29, 0.717) is 16.1 Å². The number of halogens is 1. The second kappa shape index (κ2) is 10.2. The fourth-order valence-electron chi connectivity index (χ4n) is 3.87. The third-order valence-corrected chi connectivity index (χ3v) is 6.64. The topological polar surface area (TPSA) is 78.7 Å². The first kappa shape index (κ1) is 23.8. The number of fused-ring (bicyclic) bond motifs is 1. The molecule has 3 aromatic rings. The number of nitrogens with one attached hydrogen (secondary N) is 1. The molecule has 4 rings (SSSR count). The number of carbonyl (C=O) groups is 2. The van der Waals surface area contributed by atoms with Gasteiger partial charge in [-0.15, -0.1) is 23.7 Å². The van der Waals surface area contributed by atoms with Crippen molar-refractivity contribution in [3.8, 4) is 0 Å². The van der Waals surface area contributed by atoms with Gasteiger partial charge >= 0.3 is 0 Å². The van der Waals surface area contributed by atoms with Gasteiger partial charge in [-0.1, -0.05) is 30.3 Å². The zero-order chi connectivity index (χ0) is 22.0. The summed E-state index contributed by atoms with van der Waals surface area (Å²) in [7, 11) is 3.90. The average molecular weight is 471 g/mol. The molecular formula is C24H27ClN4O2S. The maximum Gasteiger partial charge on any atom is 0.256 e. The Morgan fingerprint density at radius 3 is 2.41 bits per heavy atom. The van der Waals surface area contributed by atoms with E-state index >= 15 is 0 Å². The lowest BCUT2D eigenvalue weighted by molar-refractivity contribution is 0.0999. The molecule has 1 aromatic heterocycles. The lowest BCUT2D eigenvalue weighted by Gasteiger charge is -2.27. The summed E-state index contributed by atoms with van der Waals surface area (Å²) in [5, 5.41) is 3.47. The van der Waals surface area contributed by atoms with Gasteiger partial charge in [-0.3, -0.25) is 14.5 Å². The standard InChI is InChI=1S/C24H26N4O2S.ClH/c1-27(2)18-10-8-17(9-11-18)23(30)26-24-21(22(25)29)19-12-13-28(15-20(19)31-24)14-16-6-4-3-5-7-16;/h3-11H,12-15H2,1-2H3,(H2,25,29)(H,26,30);1H. The number of amides is 2. The van der Waals surface area contributed by atoms with Crippen molar-refractivity contribution in [2.75, 3.05) is 30.9 Å². The molecule has 32 heavy (non-hydrogen) atoms. The molecule has 8 heteroatoms. The van der Waals surface area contributed by atoms with E-state index in [1.165, 1.54) is 16.9 Å². The second-order valence-electron chi connectivity index (χ2n) is 7.91. The van der Waals surface area contributed by atoms with E-state index in [1.54, 1.807) is 12.1 Å².